The first kappa shape index (κ1) is 9.22. The number of ether oxygens (including phenoxy) is 1. The summed E-state index contributed by atoms with van der Waals surface area (Å²) in [7, 11) is 1.25. The van der Waals surface area contributed by atoms with Gasteiger partial charge in [-0.25, -0.2) is 10.2 Å². The quantitative estimate of drug-likeness (QED) is 0.291. The molecule has 0 aliphatic carbocycles. The Bertz CT molecular complexity index is 147. The van der Waals surface area contributed by atoms with Crippen LogP contribution in [0.2, 0.25) is 0 Å². The second-order valence-corrected chi connectivity index (χ2v) is 1.90. The number of amidine groups is 1. The molecule has 0 unspecified atom stereocenters. The third kappa shape index (κ3) is 4.13. The van der Waals surface area contributed by atoms with Crippen LogP contribution < -0.4 is 11.2 Å². The van der Waals surface area contributed by atoms with Gasteiger partial charge in [0, 0.05) is 0 Å². The van der Waals surface area contributed by atoms with Crippen LogP contribution in [0.25, 0.3) is 0 Å². The van der Waals surface area contributed by atoms with Crippen LogP contribution in [0.3, 0.4) is 0 Å². The molecule has 0 aliphatic heterocycles. The molecular weight excluding hydrogens is 202 g/mol. The minimum Gasteiger partial charge on any atom is -0.452 e. The monoisotopic (exact) mass is 209 g/mol. The number of carbonyl (C=O) groups is 1. The molecule has 0 radical (unpaired) electrons. The summed E-state index contributed by atoms with van der Waals surface area (Å²) in [5, 5.41) is 3.85. The predicted octanol–water partition coefficient (Wildman–Crippen LogP) is 0.00950. The lowest BCUT2D eigenvalue weighted by Gasteiger charge is -1.96. The zero-order valence-electron chi connectivity index (χ0n) is 5.43. The Kier molecular flexibility index (Phi) is 4.65. The van der Waals surface area contributed by atoms with Gasteiger partial charge in [0.15, 0.2) is 0 Å². The van der Waals surface area contributed by atoms with Crippen molar-refractivity contribution in [1.29, 1.82) is 0 Å². The first-order chi connectivity index (χ1) is 4.70. The van der Waals surface area contributed by atoms with Gasteiger partial charge in [0.2, 0.25) is 0 Å². The van der Waals surface area contributed by atoms with Gasteiger partial charge in [0.25, 0.3) is 0 Å². The number of alkyl halides is 1. The smallest absolute Gasteiger partial charge is 0.427 e. The lowest BCUT2D eigenvalue weighted by atomic mass is 10.7. The van der Waals surface area contributed by atoms with E-state index in [0.29, 0.717) is 5.33 Å². The Labute approximate surface area is 66.7 Å². The molecule has 0 aromatic carbocycles. The van der Waals surface area contributed by atoms with Gasteiger partial charge >= 0.3 is 6.09 Å². The van der Waals surface area contributed by atoms with E-state index in [0.717, 1.165) is 0 Å². The summed E-state index contributed by atoms with van der Waals surface area (Å²) in [4.78, 5) is 10.3. The van der Waals surface area contributed by atoms with Crippen LogP contribution in [0.1, 0.15) is 0 Å². The van der Waals surface area contributed by atoms with Gasteiger partial charge in [-0.1, -0.05) is 15.9 Å². The minimum absolute atomic E-state index is 0.283. The molecule has 0 heterocycles. The molecular formula is C4H8BrN3O2. The zero-order chi connectivity index (χ0) is 7.98. The topological polar surface area (TPSA) is 76.7 Å². The predicted molar refractivity (Wildman–Crippen MR) is 41.0 cm³/mol. The summed E-state index contributed by atoms with van der Waals surface area (Å²) in [5.74, 6) is 0.283. The van der Waals surface area contributed by atoms with Crippen LogP contribution in [-0.2, 0) is 4.74 Å². The number of hydrogen-bond acceptors (Lipinski definition) is 3. The molecule has 10 heavy (non-hydrogen) atoms. The van der Waals surface area contributed by atoms with Crippen molar-refractivity contribution in [2.45, 2.75) is 0 Å². The summed E-state index contributed by atoms with van der Waals surface area (Å²) in [5.41, 5.74) is 7.26. The third-order valence-electron chi connectivity index (χ3n) is 0.613. The van der Waals surface area contributed by atoms with E-state index < -0.39 is 6.09 Å². The van der Waals surface area contributed by atoms with Crippen LogP contribution in [0.15, 0.2) is 5.10 Å². The standard InChI is InChI=1S/C4H8BrN3O2/c1-10-4(9)8-7-3(6)2-5/h2H2,1H3,(H2,6,7)(H,8,9). The number of hydrogen-bond donors (Lipinski definition) is 2. The fourth-order valence-electron chi connectivity index (χ4n) is 0.193. The molecule has 0 aromatic heterocycles. The molecule has 0 atom stereocenters. The molecule has 6 heteroatoms. The van der Waals surface area contributed by atoms with E-state index >= 15 is 0 Å². The number of methoxy groups -OCH3 is 1. The molecule has 58 valence electrons. The number of nitrogens with one attached hydrogen (secondary N) is 1. The van der Waals surface area contributed by atoms with Crippen molar-refractivity contribution in [3.05, 3.63) is 0 Å². The van der Waals surface area contributed by atoms with Crippen molar-refractivity contribution in [3.63, 3.8) is 0 Å². The fraction of sp³-hybridized carbons (Fsp3) is 0.500. The van der Waals surface area contributed by atoms with Gasteiger partial charge in [-0.2, -0.15) is 5.10 Å². The number of halogens is 1. The van der Waals surface area contributed by atoms with Crippen LogP contribution in [-0.4, -0.2) is 24.4 Å². The van der Waals surface area contributed by atoms with E-state index in [4.69, 9.17) is 5.73 Å². The SMILES string of the molecule is COC(=O)NN=C(N)CBr. The van der Waals surface area contributed by atoms with E-state index in [1.54, 1.807) is 0 Å². The zero-order valence-corrected chi connectivity index (χ0v) is 7.01. The van der Waals surface area contributed by atoms with Crippen molar-refractivity contribution in [2.75, 3.05) is 12.4 Å². The Morgan fingerprint density at radius 2 is 2.50 bits per heavy atom. The second-order valence-electron chi connectivity index (χ2n) is 1.34. The second kappa shape index (κ2) is 5.04. The van der Waals surface area contributed by atoms with Crippen molar-refractivity contribution in [2.24, 2.45) is 10.8 Å². The van der Waals surface area contributed by atoms with Crippen molar-refractivity contribution in [3.8, 4) is 0 Å². The Morgan fingerprint density at radius 3 is 2.90 bits per heavy atom. The summed E-state index contributed by atoms with van der Waals surface area (Å²) >= 11 is 3.04. The highest BCUT2D eigenvalue weighted by atomic mass is 79.9. The lowest BCUT2D eigenvalue weighted by molar-refractivity contribution is 0.171. The van der Waals surface area contributed by atoms with Crippen LogP contribution in [0, 0.1) is 0 Å². The van der Waals surface area contributed by atoms with Gasteiger partial charge in [-0.05, 0) is 0 Å². The van der Waals surface area contributed by atoms with Crippen LogP contribution >= 0.6 is 15.9 Å². The number of hydrazone groups is 1. The largest absolute Gasteiger partial charge is 0.452 e. The molecule has 1 amide bonds. The van der Waals surface area contributed by atoms with Crippen LogP contribution in [0.4, 0.5) is 4.79 Å². The van der Waals surface area contributed by atoms with E-state index in [1.807, 2.05) is 0 Å². The molecule has 0 saturated carbocycles. The summed E-state index contributed by atoms with van der Waals surface area (Å²) in [6.07, 6.45) is -0.635. The maximum Gasteiger partial charge on any atom is 0.427 e. The Morgan fingerprint density at radius 1 is 1.90 bits per heavy atom. The molecule has 0 rings (SSSR count). The van der Waals surface area contributed by atoms with Crippen molar-refractivity contribution < 1.29 is 9.53 Å². The molecule has 0 spiro atoms. The van der Waals surface area contributed by atoms with E-state index in [-0.39, 0.29) is 5.84 Å². The third-order valence-corrected chi connectivity index (χ3v) is 1.19. The van der Waals surface area contributed by atoms with Gasteiger partial charge in [0.1, 0.15) is 5.84 Å². The fourth-order valence-corrected chi connectivity index (χ4v) is 0.318. The average Bonchev–Trinajstić information content (AvgIpc) is 1.99. The van der Waals surface area contributed by atoms with Crippen molar-refractivity contribution in [1.82, 2.24) is 5.43 Å². The lowest BCUT2D eigenvalue weighted by Crippen LogP contribution is -2.23. The molecule has 0 aliphatic rings. The first-order valence-electron chi connectivity index (χ1n) is 2.42. The van der Waals surface area contributed by atoms with Gasteiger partial charge in [-0.3, -0.25) is 0 Å². The highest BCUT2D eigenvalue weighted by molar-refractivity contribution is 9.09. The molecule has 0 bridgehead atoms. The Balaban J connectivity index is 3.61. The summed E-state index contributed by atoms with van der Waals surface area (Å²) < 4.78 is 4.22. The number of carbonyl (C=O) groups excluding carboxylic acids is 1. The maximum atomic E-state index is 10.3. The van der Waals surface area contributed by atoms with Gasteiger partial charge < -0.3 is 10.5 Å². The first-order valence-corrected chi connectivity index (χ1v) is 3.54. The summed E-state index contributed by atoms with van der Waals surface area (Å²) in [6, 6.07) is 0. The van der Waals surface area contributed by atoms with Crippen LogP contribution in [0.5, 0.6) is 0 Å². The average molecular weight is 210 g/mol. The number of nitrogens with two attached hydrogens (primary N) is 1. The Hall–Kier alpha value is -0.780. The van der Waals surface area contributed by atoms with E-state index in [2.05, 4.69) is 31.2 Å². The van der Waals surface area contributed by atoms with Gasteiger partial charge in [0.05, 0.1) is 12.4 Å². The number of rotatable bonds is 2. The normalized spacial score (nSPS) is 10.8. The van der Waals surface area contributed by atoms with Gasteiger partial charge in [-0.15, -0.1) is 0 Å². The molecule has 0 fully saturated rings. The number of amides is 1. The van der Waals surface area contributed by atoms with E-state index in [1.165, 1.54) is 7.11 Å². The molecule has 0 saturated heterocycles. The van der Waals surface area contributed by atoms with E-state index in [9.17, 15) is 4.79 Å². The minimum atomic E-state index is -0.635. The molecule has 5 nitrogen and oxygen atoms in total. The molecule has 3 N–H and O–H groups in total. The maximum absolute atomic E-state index is 10.3. The summed E-state index contributed by atoms with van der Waals surface area (Å²) in [6.45, 7) is 0. The number of nitrogens with zero attached hydrogens (tertiary/aromatic N) is 1. The van der Waals surface area contributed by atoms with Crippen molar-refractivity contribution >= 4 is 27.9 Å². The molecule has 0 aromatic rings. The highest BCUT2D eigenvalue weighted by Crippen LogP contribution is 1.78. The highest BCUT2D eigenvalue weighted by Gasteiger charge is 1.94.